The summed E-state index contributed by atoms with van der Waals surface area (Å²) >= 11 is 0. The molecular formula is C13H18N2O. The zero-order valence-corrected chi connectivity index (χ0v) is 9.92. The molecule has 1 aromatic rings. The van der Waals surface area contributed by atoms with Gasteiger partial charge in [-0.3, -0.25) is 9.78 Å². The molecule has 1 heterocycles. The van der Waals surface area contributed by atoms with Gasteiger partial charge in [-0.05, 0) is 37.5 Å². The molecule has 0 spiro atoms. The van der Waals surface area contributed by atoms with E-state index in [2.05, 4.69) is 23.8 Å². The SMILES string of the molecule is C=CC(=O)Nc1cnc(CCCC)cc1C. The largest absolute Gasteiger partial charge is 0.321 e. The number of nitrogens with zero attached hydrogens (tertiary/aromatic N) is 1. The van der Waals surface area contributed by atoms with Crippen LogP contribution in [0.25, 0.3) is 0 Å². The number of anilines is 1. The number of amides is 1. The summed E-state index contributed by atoms with van der Waals surface area (Å²) in [7, 11) is 0. The molecule has 0 radical (unpaired) electrons. The van der Waals surface area contributed by atoms with Gasteiger partial charge in [-0.15, -0.1) is 0 Å². The zero-order chi connectivity index (χ0) is 12.0. The maximum Gasteiger partial charge on any atom is 0.247 e. The first-order valence-electron chi connectivity index (χ1n) is 5.56. The van der Waals surface area contributed by atoms with E-state index in [0.29, 0.717) is 0 Å². The van der Waals surface area contributed by atoms with E-state index in [0.717, 1.165) is 36.2 Å². The van der Waals surface area contributed by atoms with Gasteiger partial charge < -0.3 is 5.32 Å². The van der Waals surface area contributed by atoms with Crippen molar-refractivity contribution >= 4 is 11.6 Å². The van der Waals surface area contributed by atoms with Crippen LogP contribution in [0.2, 0.25) is 0 Å². The molecule has 0 aliphatic heterocycles. The molecule has 0 bridgehead atoms. The van der Waals surface area contributed by atoms with Gasteiger partial charge in [0.25, 0.3) is 0 Å². The molecule has 0 fully saturated rings. The Kier molecular flexibility index (Phi) is 4.70. The maximum atomic E-state index is 11.1. The predicted molar refractivity (Wildman–Crippen MR) is 66.4 cm³/mol. The van der Waals surface area contributed by atoms with Crippen LogP contribution in [-0.4, -0.2) is 10.9 Å². The zero-order valence-electron chi connectivity index (χ0n) is 9.92. The Morgan fingerprint density at radius 1 is 1.62 bits per heavy atom. The molecule has 1 N–H and O–H groups in total. The second-order valence-electron chi connectivity index (χ2n) is 3.79. The lowest BCUT2D eigenvalue weighted by atomic mass is 10.1. The lowest BCUT2D eigenvalue weighted by molar-refractivity contribution is -0.111. The standard InChI is InChI=1S/C13H18N2O/c1-4-6-7-11-8-10(3)12(9-14-11)15-13(16)5-2/h5,8-9H,2,4,6-7H2,1,3H3,(H,15,16). The van der Waals surface area contributed by atoms with Crippen LogP contribution in [0.3, 0.4) is 0 Å². The van der Waals surface area contributed by atoms with Gasteiger partial charge in [0.15, 0.2) is 0 Å². The molecule has 0 aromatic carbocycles. The van der Waals surface area contributed by atoms with Crippen LogP contribution in [0.1, 0.15) is 31.0 Å². The van der Waals surface area contributed by atoms with Crippen LogP contribution < -0.4 is 5.32 Å². The highest BCUT2D eigenvalue weighted by molar-refractivity contribution is 5.99. The molecule has 3 nitrogen and oxygen atoms in total. The van der Waals surface area contributed by atoms with E-state index in [-0.39, 0.29) is 5.91 Å². The van der Waals surface area contributed by atoms with Gasteiger partial charge in [-0.25, -0.2) is 0 Å². The molecule has 1 aromatic heterocycles. The molecular weight excluding hydrogens is 200 g/mol. The van der Waals surface area contributed by atoms with Crippen LogP contribution in [0.4, 0.5) is 5.69 Å². The van der Waals surface area contributed by atoms with Crippen molar-refractivity contribution in [2.75, 3.05) is 5.32 Å². The first-order chi connectivity index (χ1) is 7.67. The number of nitrogens with one attached hydrogen (secondary N) is 1. The van der Waals surface area contributed by atoms with Crippen LogP contribution in [0, 0.1) is 6.92 Å². The number of rotatable bonds is 5. The van der Waals surface area contributed by atoms with Gasteiger partial charge in [-0.1, -0.05) is 19.9 Å². The second kappa shape index (κ2) is 6.05. The van der Waals surface area contributed by atoms with Crippen molar-refractivity contribution in [3.8, 4) is 0 Å². The Balaban J connectivity index is 2.74. The Morgan fingerprint density at radius 2 is 2.38 bits per heavy atom. The van der Waals surface area contributed by atoms with Gasteiger partial charge in [0.2, 0.25) is 5.91 Å². The van der Waals surface area contributed by atoms with Crippen LogP contribution >= 0.6 is 0 Å². The Hall–Kier alpha value is -1.64. The number of pyridine rings is 1. The van der Waals surface area contributed by atoms with Crippen molar-refractivity contribution in [1.29, 1.82) is 0 Å². The lowest BCUT2D eigenvalue weighted by Crippen LogP contribution is -2.09. The van der Waals surface area contributed by atoms with Crippen molar-refractivity contribution in [2.24, 2.45) is 0 Å². The van der Waals surface area contributed by atoms with E-state index in [1.165, 1.54) is 6.08 Å². The molecule has 0 aliphatic rings. The molecule has 0 saturated carbocycles. The molecule has 0 unspecified atom stereocenters. The van der Waals surface area contributed by atoms with Crippen molar-refractivity contribution in [3.63, 3.8) is 0 Å². The number of carbonyl (C=O) groups is 1. The molecule has 3 heteroatoms. The lowest BCUT2D eigenvalue weighted by Gasteiger charge is -2.07. The molecule has 0 saturated heterocycles. The minimum Gasteiger partial charge on any atom is -0.321 e. The fraction of sp³-hybridized carbons (Fsp3) is 0.385. The molecule has 1 amide bonds. The third-order valence-corrected chi connectivity index (χ3v) is 2.40. The fourth-order valence-electron chi connectivity index (χ4n) is 1.42. The molecule has 1 rings (SSSR count). The van der Waals surface area contributed by atoms with E-state index in [1.54, 1.807) is 6.20 Å². The smallest absolute Gasteiger partial charge is 0.247 e. The summed E-state index contributed by atoms with van der Waals surface area (Å²) in [5.74, 6) is -0.203. The molecule has 86 valence electrons. The molecule has 0 atom stereocenters. The summed E-state index contributed by atoms with van der Waals surface area (Å²) in [6.07, 6.45) is 6.26. The van der Waals surface area contributed by atoms with E-state index in [1.807, 2.05) is 13.0 Å². The van der Waals surface area contributed by atoms with E-state index >= 15 is 0 Å². The van der Waals surface area contributed by atoms with Gasteiger partial charge in [-0.2, -0.15) is 0 Å². The van der Waals surface area contributed by atoms with E-state index in [4.69, 9.17) is 0 Å². The highest BCUT2D eigenvalue weighted by Crippen LogP contribution is 2.15. The number of hydrogen-bond donors (Lipinski definition) is 1. The Morgan fingerprint density at radius 3 is 2.94 bits per heavy atom. The van der Waals surface area contributed by atoms with Crippen molar-refractivity contribution < 1.29 is 4.79 Å². The third kappa shape index (κ3) is 3.50. The Labute approximate surface area is 96.6 Å². The molecule has 0 aliphatic carbocycles. The highest BCUT2D eigenvalue weighted by atomic mass is 16.1. The Bertz CT molecular complexity index is 386. The first-order valence-corrected chi connectivity index (χ1v) is 5.56. The number of unbranched alkanes of at least 4 members (excludes halogenated alkanes) is 1. The summed E-state index contributed by atoms with van der Waals surface area (Å²) in [6.45, 7) is 7.54. The minimum absolute atomic E-state index is 0.203. The third-order valence-electron chi connectivity index (χ3n) is 2.40. The van der Waals surface area contributed by atoms with Gasteiger partial charge in [0.05, 0.1) is 11.9 Å². The first kappa shape index (κ1) is 12.4. The van der Waals surface area contributed by atoms with Crippen molar-refractivity contribution in [2.45, 2.75) is 33.1 Å². The average molecular weight is 218 g/mol. The number of aryl methyl sites for hydroxylation is 2. The predicted octanol–water partition coefficient (Wildman–Crippen LogP) is 2.86. The topological polar surface area (TPSA) is 42.0 Å². The summed E-state index contributed by atoms with van der Waals surface area (Å²) in [5.41, 5.74) is 2.87. The van der Waals surface area contributed by atoms with Crippen LogP contribution in [-0.2, 0) is 11.2 Å². The van der Waals surface area contributed by atoms with Gasteiger partial charge in [0.1, 0.15) is 0 Å². The van der Waals surface area contributed by atoms with Crippen LogP contribution in [0.15, 0.2) is 24.9 Å². The number of hydrogen-bond acceptors (Lipinski definition) is 2. The van der Waals surface area contributed by atoms with E-state index < -0.39 is 0 Å². The monoisotopic (exact) mass is 218 g/mol. The summed E-state index contributed by atoms with van der Waals surface area (Å²) in [5, 5.41) is 2.72. The molecule has 16 heavy (non-hydrogen) atoms. The van der Waals surface area contributed by atoms with Crippen molar-refractivity contribution in [1.82, 2.24) is 4.98 Å². The van der Waals surface area contributed by atoms with Gasteiger partial charge >= 0.3 is 0 Å². The van der Waals surface area contributed by atoms with Crippen LogP contribution in [0.5, 0.6) is 0 Å². The summed E-state index contributed by atoms with van der Waals surface area (Å²) in [4.78, 5) is 15.4. The highest BCUT2D eigenvalue weighted by Gasteiger charge is 2.03. The van der Waals surface area contributed by atoms with E-state index in [9.17, 15) is 4.79 Å². The summed E-state index contributed by atoms with van der Waals surface area (Å²) < 4.78 is 0. The second-order valence-corrected chi connectivity index (χ2v) is 3.79. The number of carbonyl (C=O) groups excluding carboxylic acids is 1. The quantitative estimate of drug-likeness (QED) is 0.772. The maximum absolute atomic E-state index is 11.1. The average Bonchev–Trinajstić information content (AvgIpc) is 2.29. The number of aromatic nitrogens is 1. The summed E-state index contributed by atoms with van der Waals surface area (Å²) in [6, 6.07) is 2.02. The fourth-order valence-corrected chi connectivity index (χ4v) is 1.42. The minimum atomic E-state index is -0.203. The van der Waals surface area contributed by atoms with Crippen molar-refractivity contribution in [3.05, 3.63) is 36.2 Å². The van der Waals surface area contributed by atoms with Gasteiger partial charge in [0, 0.05) is 5.69 Å². The normalized spacial score (nSPS) is 9.88.